The molecule has 22 heavy (non-hydrogen) atoms. The van der Waals surface area contributed by atoms with Gasteiger partial charge in [-0.2, -0.15) is 0 Å². The molecule has 5 heteroatoms. The van der Waals surface area contributed by atoms with Crippen LogP contribution in [0, 0.1) is 0 Å². The Morgan fingerprint density at radius 2 is 1.82 bits per heavy atom. The summed E-state index contributed by atoms with van der Waals surface area (Å²) in [4.78, 5) is 13.0. The minimum Gasteiger partial charge on any atom is -0.394 e. The van der Waals surface area contributed by atoms with Crippen molar-refractivity contribution in [3.63, 3.8) is 0 Å². The first-order valence-electron chi connectivity index (χ1n) is 6.84. The molecule has 0 aliphatic carbocycles. The fourth-order valence-electron chi connectivity index (χ4n) is 2.30. The first-order chi connectivity index (χ1) is 10.7. The van der Waals surface area contributed by atoms with E-state index in [0.717, 1.165) is 15.6 Å². The average molecular weight is 332 g/mol. The normalized spacial score (nSPS) is 12.3. The molecule has 0 aliphatic heterocycles. The maximum Gasteiger partial charge on any atom is 0.263 e. The second-order valence-electron chi connectivity index (χ2n) is 4.86. The van der Waals surface area contributed by atoms with Crippen LogP contribution >= 0.6 is 22.9 Å². The van der Waals surface area contributed by atoms with Gasteiger partial charge in [-0.3, -0.25) is 4.79 Å². The third-order valence-corrected chi connectivity index (χ3v) is 5.11. The summed E-state index contributed by atoms with van der Waals surface area (Å²) in [5.41, 5.74) is 0.857. The van der Waals surface area contributed by atoms with Crippen molar-refractivity contribution in [2.45, 2.75) is 6.04 Å². The molecule has 0 saturated carbocycles. The fraction of sp³-hybridized carbons (Fsp3) is 0.118. The Morgan fingerprint density at radius 3 is 2.50 bits per heavy atom. The molecule has 1 unspecified atom stereocenters. The summed E-state index contributed by atoms with van der Waals surface area (Å²) in [5.74, 6) is -0.269. The van der Waals surface area contributed by atoms with E-state index in [9.17, 15) is 9.90 Å². The SMILES string of the molecule is O=C(NC(CO)c1ccccc1)c1sc2ccccc2c1Cl. The molecule has 3 rings (SSSR count). The number of carbonyl (C=O) groups excluding carboxylic acids is 1. The highest BCUT2D eigenvalue weighted by Crippen LogP contribution is 2.35. The van der Waals surface area contributed by atoms with E-state index < -0.39 is 6.04 Å². The lowest BCUT2D eigenvalue weighted by atomic mass is 10.1. The maximum atomic E-state index is 12.5. The molecular formula is C17H14ClNO2S. The van der Waals surface area contributed by atoms with E-state index in [-0.39, 0.29) is 12.5 Å². The van der Waals surface area contributed by atoms with Crippen molar-refractivity contribution in [1.29, 1.82) is 0 Å². The Bertz CT molecular complexity index is 801. The zero-order chi connectivity index (χ0) is 15.5. The van der Waals surface area contributed by atoms with Crippen molar-refractivity contribution in [2.75, 3.05) is 6.61 Å². The fourth-order valence-corrected chi connectivity index (χ4v) is 3.72. The van der Waals surface area contributed by atoms with Crippen molar-refractivity contribution in [2.24, 2.45) is 0 Å². The van der Waals surface area contributed by atoms with Crippen molar-refractivity contribution in [3.05, 3.63) is 70.1 Å². The lowest BCUT2D eigenvalue weighted by Crippen LogP contribution is -2.30. The number of amides is 1. The van der Waals surface area contributed by atoms with E-state index in [0.29, 0.717) is 9.90 Å². The summed E-state index contributed by atoms with van der Waals surface area (Å²) in [7, 11) is 0. The van der Waals surface area contributed by atoms with Gasteiger partial charge in [0.25, 0.3) is 5.91 Å². The van der Waals surface area contributed by atoms with Crippen molar-refractivity contribution < 1.29 is 9.90 Å². The number of thiophene rings is 1. The maximum absolute atomic E-state index is 12.5. The molecule has 1 amide bonds. The van der Waals surface area contributed by atoms with Gasteiger partial charge < -0.3 is 10.4 Å². The minimum atomic E-state index is -0.449. The Labute approximate surface area is 137 Å². The second-order valence-corrected chi connectivity index (χ2v) is 6.29. The first-order valence-corrected chi connectivity index (χ1v) is 8.04. The van der Waals surface area contributed by atoms with E-state index in [4.69, 9.17) is 11.6 Å². The lowest BCUT2D eigenvalue weighted by Gasteiger charge is -2.16. The number of benzene rings is 2. The van der Waals surface area contributed by atoms with Crippen LogP contribution in [0.4, 0.5) is 0 Å². The van der Waals surface area contributed by atoms with Gasteiger partial charge >= 0.3 is 0 Å². The van der Waals surface area contributed by atoms with Gasteiger partial charge in [0, 0.05) is 10.1 Å². The molecule has 2 aromatic carbocycles. The molecule has 3 aromatic rings. The molecule has 0 saturated heterocycles. The van der Waals surface area contributed by atoms with Gasteiger partial charge in [-0.05, 0) is 11.6 Å². The summed E-state index contributed by atoms with van der Waals surface area (Å²) < 4.78 is 0.970. The summed E-state index contributed by atoms with van der Waals surface area (Å²) >= 11 is 7.67. The topological polar surface area (TPSA) is 49.3 Å². The first kappa shape index (κ1) is 15.0. The van der Waals surface area contributed by atoms with E-state index in [1.807, 2.05) is 54.6 Å². The second kappa shape index (κ2) is 6.48. The van der Waals surface area contributed by atoms with Crippen LogP contribution < -0.4 is 5.32 Å². The highest BCUT2D eigenvalue weighted by atomic mass is 35.5. The van der Waals surface area contributed by atoms with Crippen LogP contribution in [0.5, 0.6) is 0 Å². The van der Waals surface area contributed by atoms with Gasteiger partial charge in [-0.25, -0.2) is 0 Å². The van der Waals surface area contributed by atoms with Crippen LogP contribution in [0.2, 0.25) is 5.02 Å². The van der Waals surface area contributed by atoms with Crippen LogP contribution in [0.1, 0.15) is 21.3 Å². The molecule has 1 atom stereocenters. The molecule has 112 valence electrons. The zero-order valence-electron chi connectivity index (χ0n) is 11.6. The van der Waals surface area contributed by atoms with Crippen LogP contribution in [0.15, 0.2) is 54.6 Å². The van der Waals surface area contributed by atoms with Crippen LogP contribution in [0.25, 0.3) is 10.1 Å². The molecule has 0 spiro atoms. The highest BCUT2D eigenvalue weighted by molar-refractivity contribution is 7.21. The Morgan fingerprint density at radius 1 is 1.14 bits per heavy atom. The van der Waals surface area contributed by atoms with Crippen LogP contribution in [0.3, 0.4) is 0 Å². The number of fused-ring (bicyclic) bond motifs is 1. The minimum absolute atomic E-state index is 0.168. The summed E-state index contributed by atoms with van der Waals surface area (Å²) in [5, 5.41) is 13.7. The van der Waals surface area contributed by atoms with E-state index in [2.05, 4.69) is 5.32 Å². The number of halogens is 1. The molecular weight excluding hydrogens is 318 g/mol. The quantitative estimate of drug-likeness (QED) is 0.758. The highest BCUT2D eigenvalue weighted by Gasteiger charge is 2.20. The summed E-state index contributed by atoms with van der Waals surface area (Å²) in [6, 6.07) is 16.6. The molecule has 1 heterocycles. The Kier molecular flexibility index (Phi) is 4.43. The van der Waals surface area contributed by atoms with Crippen molar-refractivity contribution in [3.8, 4) is 0 Å². The number of aliphatic hydroxyl groups is 1. The Hall–Kier alpha value is -1.88. The smallest absolute Gasteiger partial charge is 0.263 e. The van der Waals surface area contributed by atoms with E-state index in [1.165, 1.54) is 11.3 Å². The lowest BCUT2D eigenvalue weighted by molar-refractivity contribution is 0.0920. The van der Waals surface area contributed by atoms with Crippen LogP contribution in [-0.4, -0.2) is 17.6 Å². The number of rotatable bonds is 4. The average Bonchev–Trinajstić information content (AvgIpc) is 2.91. The van der Waals surface area contributed by atoms with Crippen molar-refractivity contribution in [1.82, 2.24) is 5.32 Å². The van der Waals surface area contributed by atoms with Crippen molar-refractivity contribution >= 4 is 38.9 Å². The van der Waals surface area contributed by atoms with Crippen LogP contribution in [-0.2, 0) is 0 Å². The third-order valence-electron chi connectivity index (χ3n) is 3.43. The molecule has 0 radical (unpaired) electrons. The number of hydrogen-bond acceptors (Lipinski definition) is 3. The molecule has 3 nitrogen and oxygen atoms in total. The molecule has 0 fully saturated rings. The number of hydrogen-bond donors (Lipinski definition) is 2. The van der Waals surface area contributed by atoms with Gasteiger partial charge in [0.15, 0.2) is 0 Å². The summed E-state index contributed by atoms with van der Waals surface area (Å²) in [6.07, 6.45) is 0. The molecule has 0 bridgehead atoms. The van der Waals surface area contributed by atoms with Gasteiger partial charge in [0.2, 0.25) is 0 Å². The zero-order valence-corrected chi connectivity index (χ0v) is 13.2. The van der Waals surface area contributed by atoms with E-state index >= 15 is 0 Å². The van der Waals surface area contributed by atoms with Gasteiger partial charge in [0.1, 0.15) is 4.88 Å². The third kappa shape index (κ3) is 2.86. The van der Waals surface area contributed by atoms with Gasteiger partial charge in [0.05, 0.1) is 17.7 Å². The predicted molar refractivity (Wildman–Crippen MR) is 90.6 cm³/mol. The molecule has 1 aromatic heterocycles. The molecule has 0 aliphatic rings. The predicted octanol–water partition coefficient (Wildman–Crippen LogP) is 4.02. The number of aliphatic hydroxyl groups excluding tert-OH is 1. The Balaban J connectivity index is 1.88. The largest absolute Gasteiger partial charge is 0.394 e. The number of carbonyl (C=O) groups is 1. The monoisotopic (exact) mass is 331 g/mol. The van der Waals surface area contributed by atoms with E-state index in [1.54, 1.807) is 0 Å². The van der Waals surface area contributed by atoms with Gasteiger partial charge in [-0.15, -0.1) is 11.3 Å². The summed E-state index contributed by atoms with van der Waals surface area (Å²) in [6.45, 7) is -0.168. The van der Waals surface area contributed by atoms with Gasteiger partial charge in [-0.1, -0.05) is 60.1 Å². The number of nitrogens with one attached hydrogen (secondary N) is 1. The standard InChI is InChI=1S/C17H14ClNO2S/c18-15-12-8-4-5-9-14(12)22-16(15)17(21)19-13(10-20)11-6-2-1-3-7-11/h1-9,13,20H,10H2,(H,19,21). The molecule has 2 N–H and O–H groups in total.